The van der Waals surface area contributed by atoms with Gasteiger partial charge in [0.05, 0.1) is 6.61 Å². The number of benzene rings is 1. The Bertz CT molecular complexity index is 528. The average Bonchev–Trinajstić information content (AvgIpc) is 2.56. The lowest BCUT2D eigenvalue weighted by atomic mass is 10.1. The lowest BCUT2D eigenvalue weighted by molar-refractivity contribution is 0.0690. The third-order valence-electron chi connectivity index (χ3n) is 2.54. The van der Waals surface area contributed by atoms with Gasteiger partial charge in [-0.05, 0) is 24.1 Å². The molecule has 0 amide bonds. The summed E-state index contributed by atoms with van der Waals surface area (Å²) in [5.74, 6) is -0.979. The van der Waals surface area contributed by atoms with Crippen molar-refractivity contribution in [2.24, 2.45) is 0 Å². The molecule has 3 N–H and O–H groups in total. The summed E-state index contributed by atoms with van der Waals surface area (Å²) in [5, 5.41) is 18.9. The highest BCUT2D eigenvalue weighted by molar-refractivity contribution is 5.98. The van der Waals surface area contributed by atoms with Crippen molar-refractivity contribution in [3.8, 4) is 0 Å². The molecular weight excluding hydrogens is 194 g/mol. The number of nitrogens with one attached hydrogen (secondary N) is 1. The lowest BCUT2D eigenvalue weighted by Gasteiger charge is -1.99. The van der Waals surface area contributed by atoms with Crippen molar-refractivity contribution in [3.63, 3.8) is 0 Å². The Labute approximate surface area is 86.2 Å². The number of H-pyrrole nitrogens is 1. The minimum atomic E-state index is -0.979. The Kier molecular flexibility index (Phi) is 2.21. The first-order chi connectivity index (χ1) is 7.15. The highest BCUT2D eigenvalue weighted by Crippen LogP contribution is 2.25. The fourth-order valence-electron chi connectivity index (χ4n) is 1.85. The van der Waals surface area contributed by atoms with E-state index in [0.717, 1.165) is 16.5 Å². The molecule has 78 valence electrons. The van der Waals surface area contributed by atoms with E-state index in [1.807, 2.05) is 0 Å². The van der Waals surface area contributed by atoms with Gasteiger partial charge < -0.3 is 15.2 Å². The van der Waals surface area contributed by atoms with E-state index in [1.165, 1.54) is 0 Å². The van der Waals surface area contributed by atoms with Crippen LogP contribution in [0.25, 0.3) is 10.9 Å². The molecule has 0 spiro atoms. The number of carboxylic acids is 1. The number of aromatic nitrogens is 1. The Hall–Kier alpha value is -1.81. The monoisotopic (exact) mass is 205 g/mol. The highest BCUT2D eigenvalue weighted by Gasteiger charge is 2.15. The molecule has 0 fully saturated rings. The summed E-state index contributed by atoms with van der Waals surface area (Å²) in [4.78, 5) is 13.7. The molecule has 0 aliphatic rings. The van der Waals surface area contributed by atoms with Crippen molar-refractivity contribution in [2.45, 2.75) is 13.5 Å². The third kappa shape index (κ3) is 1.39. The normalized spacial score (nSPS) is 10.8. The molecule has 0 saturated heterocycles. The number of hydrogen-bond acceptors (Lipinski definition) is 2. The second kappa shape index (κ2) is 3.40. The Balaban J connectivity index is 2.82. The first kappa shape index (κ1) is 9.73. The van der Waals surface area contributed by atoms with Crippen LogP contribution in [0.3, 0.4) is 0 Å². The van der Waals surface area contributed by atoms with Gasteiger partial charge in [0.1, 0.15) is 5.69 Å². The molecule has 1 aromatic carbocycles. The summed E-state index contributed by atoms with van der Waals surface area (Å²) in [6.45, 7) is 1.65. The average molecular weight is 205 g/mol. The van der Waals surface area contributed by atoms with Crippen LogP contribution in [0.2, 0.25) is 0 Å². The molecule has 0 radical (unpaired) electrons. The van der Waals surface area contributed by atoms with Crippen LogP contribution in [-0.2, 0) is 6.61 Å². The largest absolute Gasteiger partial charge is 0.477 e. The van der Waals surface area contributed by atoms with Crippen LogP contribution in [0, 0.1) is 6.92 Å². The van der Waals surface area contributed by atoms with Crippen molar-refractivity contribution in [1.82, 2.24) is 4.98 Å². The van der Waals surface area contributed by atoms with E-state index in [0.29, 0.717) is 5.56 Å². The van der Waals surface area contributed by atoms with E-state index in [4.69, 9.17) is 10.2 Å². The van der Waals surface area contributed by atoms with Gasteiger partial charge in [-0.2, -0.15) is 0 Å². The van der Waals surface area contributed by atoms with Gasteiger partial charge in [0.2, 0.25) is 0 Å². The van der Waals surface area contributed by atoms with Gasteiger partial charge in [-0.25, -0.2) is 4.79 Å². The van der Waals surface area contributed by atoms with Crippen LogP contribution >= 0.6 is 0 Å². The second-order valence-electron chi connectivity index (χ2n) is 3.43. The van der Waals surface area contributed by atoms with Crippen LogP contribution in [0.4, 0.5) is 0 Å². The van der Waals surface area contributed by atoms with Crippen LogP contribution in [0.5, 0.6) is 0 Å². The molecule has 0 unspecified atom stereocenters. The number of carboxylic acid groups (broad SMARTS) is 1. The van der Waals surface area contributed by atoms with E-state index in [9.17, 15) is 4.79 Å². The van der Waals surface area contributed by atoms with Gasteiger partial charge in [-0.1, -0.05) is 12.1 Å². The summed E-state index contributed by atoms with van der Waals surface area (Å²) in [7, 11) is 0. The SMILES string of the molecule is Cc1c(C(=O)O)[nH]c2cccc(CO)c12. The predicted octanol–water partition coefficient (Wildman–Crippen LogP) is 1.67. The molecule has 4 heteroatoms. The van der Waals surface area contributed by atoms with Crippen molar-refractivity contribution < 1.29 is 15.0 Å². The number of aryl methyl sites for hydroxylation is 1. The maximum absolute atomic E-state index is 10.9. The fraction of sp³-hybridized carbons (Fsp3) is 0.182. The first-order valence-electron chi connectivity index (χ1n) is 4.59. The number of hydrogen-bond donors (Lipinski definition) is 3. The van der Waals surface area contributed by atoms with Crippen LogP contribution in [-0.4, -0.2) is 21.2 Å². The molecule has 4 nitrogen and oxygen atoms in total. The molecule has 0 bridgehead atoms. The first-order valence-corrected chi connectivity index (χ1v) is 4.59. The maximum atomic E-state index is 10.9. The number of aromatic amines is 1. The molecule has 2 rings (SSSR count). The van der Waals surface area contributed by atoms with Gasteiger partial charge in [0.15, 0.2) is 0 Å². The van der Waals surface area contributed by atoms with Gasteiger partial charge in [-0.15, -0.1) is 0 Å². The van der Waals surface area contributed by atoms with Crippen molar-refractivity contribution in [2.75, 3.05) is 0 Å². The number of aliphatic hydroxyl groups excluding tert-OH is 1. The minimum absolute atomic E-state index is 0.0882. The standard InChI is InChI=1S/C11H11NO3/c1-6-9-7(5-13)3-2-4-8(9)12-10(6)11(14)15/h2-4,12-13H,5H2,1H3,(H,14,15). The van der Waals surface area contributed by atoms with Gasteiger partial charge in [0, 0.05) is 10.9 Å². The number of carbonyl (C=O) groups is 1. The van der Waals surface area contributed by atoms with Crippen molar-refractivity contribution in [3.05, 3.63) is 35.0 Å². The van der Waals surface area contributed by atoms with E-state index in [1.54, 1.807) is 25.1 Å². The molecular formula is C11H11NO3. The lowest BCUT2D eigenvalue weighted by Crippen LogP contribution is -1.98. The topological polar surface area (TPSA) is 73.3 Å². The number of aliphatic hydroxyl groups is 1. The van der Waals surface area contributed by atoms with Crippen molar-refractivity contribution in [1.29, 1.82) is 0 Å². The molecule has 0 atom stereocenters. The molecule has 0 aliphatic heterocycles. The van der Waals surface area contributed by atoms with Crippen LogP contribution < -0.4 is 0 Å². The minimum Gasteiger partial charge on any atom is -0.477 e. The Morgan fingerprint density at radius 3 is 2.80 bits per heavy atom. The number of fused-ring (bicyclic) bond motifs is 1. The summed E-state index contributed by atoms with van der Waals surface area (Å²) in [6, 6.07) is 5.37. The van der Waals surface area contributed by atoms with Gasteiger partial charge in [0.25, 0.3) is 0 Å². The van der Waals surface area contributed by atoms with Crippen LogP contribution in [0.15, 0.2) is 18.2 Å². The molecule has 15 heavy (non-hydrogen) atoms. The molecule has 1 aromatic heterocycles. The molecule has 1 heterocycles. The quantitative estimate of drug-likeness (QED) is 0.698. The smallest absolute Gasteiger partial charge is 0.352 e. The van der Waals surface area contributed by atoms with Crippen LogP contribution in [0.1, 0.15) is 21.6 Å². The predicted molar refractivity (Wildman–Crippen MR) is 55.9 cm³/mol. The van der Waals surface area contributed by atoms with Gasteiger partial charge >= 0.3 is 5.97 Å². The zero-order valence-corrected chi connectivity index (χ0v) is 8.24. The molecule has 0 aliphatic carbocycles. The third-order valence-corrected chi connectivity index (χ3v) is 2.54. The zero-order valence-electron chi connectivity index (χ0n) is 8.24. The fourth-order valence-corrected chi connectivity index (χ4v) is 1.85. The van der Waals surface area contributed by atoms with Crippen molar-refractivity contribution >= 4 is 16.9 Å². The van der Waals surface area contributed by atoms with E-state index >= 15 is 0 Å². The summed E-state index contributed by atoms with van der Waals surface area (Å²) < 4.78 is 0. The Morgan fingerprint density at radius 2 is 2.20 bits per heavy atom. The number of rotatable bonds is 2. The maximum Gasteiger partial charge on any atom is 0.352 e. The number of aromatic carboxylic acids is 1. The Morgan fingerprint density at radius 1 is 1.47 bits per heavy atom. The van der Waals surface area contributed by atoms with E-state index in [-0.39, 0.29) is 12.3 Å². The van der Waals surface area contributed by atoms with Gasteiger partial charge in [-0.3, -0.25) is 0 Å². The molecule has 0 saturated carbocycles. The zero-order chi connectivity index (χ0) is 11.0. The molecule has 2 aromatic rings. The van der Waals surface area contributed by atoms with E-state index < -0.39 is 5.97 Å². The summed E-state index contributed by atoms with van der Waals surface area (Å²) >= 11 is 0. The second-order valence-corrected chi connectivity index (χ2v) is 3.43. The summed E-state index contributed by atoms with van der Waals surface area (Å²) in [6.07, 6.45) is 0. The van der Waals surface area contributed by atoms with E-state index in [2.05, 4.69) is 4.98 Å². The highest BCUT2D eigenvalue weighted by atomic mass is 16.4. The summed E-state index contributed by atoms with van der Waals surface area (Å²) in [5.41, 5.74) is 2.35.